The molecule has 2 N–H and O–H groups in total. The van der Waals surface area contributed by atoms with Crippen molar-refractivity contribution in [3.63, 3.8) is 0 Å². The summed E-state index contributed by atoms with van der Waals surface area (Å²) in [6.07, 6.45) is 0.314. The molecular formula is C27H16Cl4N4O3. The molecule has 4 atom stereocenters. The minimum absolute atomic E-state index is 0.224. The summed E-state index contributed by atoms with van der Waals surface area (Å²) in [4.78, 5) is 42.8. The molecule has 0 bridgehead atoms. The van der Waals surface area contributed by atoms with E-state index in [0.29, 0.717) is 23.2 Å². The number of nitriles is 1. The third-order valence-electron chi connectivity index (χ3n) is 7.38. The van der Waals surface area contributed by atoms with Crippen LogP contribution in [-0.4, -0.2) is 23.8 Å². The van der Waals surface area contributed by atoms with E-state index in [1.54, 1.807) is 30.3 Å². The van der Waals surface area contributed by atoms with Gasteiger partial charge in [-0.2, -0.15) is 5.26 Å². The van der Waals surface area contributed by atoms with E-state index in [0.717, 1.165) is 10.5 Å². The van der Waals surface area contributed by atoms with Gasteiger partial charge in [-0.25, -0.2) is 4.90 Å². The van der Waals surface area contributed by atoms with E-state index in [1.165, 1.54) is 24.3 Å². The maximum atomic E-state index is 14.1. The number of benzene rings is 3. The number of nitrogens with zero attached hydrogens (tertiary/aromatic N) is 2. The SMILES string of the molecule is N#Cc1ccc(CC2NC3(C(=O)Nc4c(Cl)cc(Cl)cc43)C3C(=O)N(c4cc(Cl)cc(Cl)c4)C(=O)C23)cc1. The van der Waals surface area contributed by atoms with Gasteiger partial charge in [0, 0.05) is 26.7 Å². The number of anilines is 2. The predicted octanol–water partition coefficient (Wildman–Crippen LogP) is 5.34. The Hall–Kier alpha value is -3.12. The Labute approximate surface area is 237 Å². The Morgan fingerprint density at radius 2 is 1.55 bits per heavy atom. The Morgan fingerprint density at radius 3 is 2.21 bits per heavy atom. The van der Waals surface area contributed by atoms with Gasteiger partial charge in [0.1, 0.15) is 5.54 Å². The van der Waals surface area contributed by atoms with E-state index in [2.05, 4.69) is 16.7 Å². The third-order valence-corrected chi connectivity index (χ3v) is 8.34. The number of nitrogens with one attached hydrogen (secondary N) is 2. The molecule has 0 aliphatic carbocycles. The number of amides is 3. The van der Waals surface area contributed by atoms with Crippen molar-refractivity contribution in [2.75, 3.05) is 10.2 Å². The molecule has 0 aromatic heterocycles. The second-order valence-electron chi connectivity index (χ2n) is 9.48. The first-order chi connectivity index (χ1) is 18.1. The summed E-state index contributed by atoms with van der Waals surface area (Å²) in [5.41, 5.74) is 0.703. The number of carbonyl (C=O) groups excluding carboxylic acids is 3. The first-order valence-electron chi connectivity index (χ1n) is 11.6. The molecule has 1 spiro atoms. The first kappa shape index (κ1) is 25.2. The van der Waals surface area contributed by atoms with Gasteiger partial charge in [-0.1, -0.05) is 58.5 Å². The minimum atomic E-state index is -1.59. The molecule has 2 fully saturated rings. The van der Waals surface area contributed by atoms with Crippen LogP contribution in [0.1, 0.15) is 16.7 Å². The number of hydrogen-bond acceptors (Lipinski definition) is 5. The Kier molecular flexibility index (Phi) is 5.95. The van der Waals surface area contributed by atoms with E-state index in [1.807, 2.05) is 0 Å². The Balaban J connectivity index is 1.51. The molecule has 7 nitrogen and oxygen atoms in total. The van der Waals surface area contributed by atoms with Crippen LogP contribution in [0.5, 0.6) is 0 Å². The quantitative estimate of drug-likeness (QED) is 0.404. The molecule has 38 heavy (non-hydrogen) atoms. The maximum absolute atomic E-state index is 14.1. The number of halogens is 4. The van der Waals surface area contributed by atoms with E-state index >= 15 is 0 Å². The monoisotopic (exact) mass is 584 g/mol. The average Bonchev–Trinajstić information content (AvgIpc) is 3.44. The highest BCUT2D eigenvalue weighted by molar-refractivity contribution is 6.38. The number of fused-ring (bicyclic) bond motifs is 4. The smallest absolute Gasteiger partial charge is 0.250 e. The summed E-state index contributed by atoms with van der Waals surface area (Å²) in [7, 11) is 0. The van der Waals surface area contributed by atoms with Gasteiger partial charge in [0.25, 0.3) is 0 Å². The van der Waals surface area contributed by atoms with Gasteiger partial charge in [0.15, 0.2) is 0 Å². The van der Waals surface area contributed by atoms with Crippen molar-refractivity contribution in [3.05, 3.63) is 91.4 Å². The highest BCUT2D eigenvalue weighted by atomic mass is 35.5. The summed E-state index contributed by atoms with van der Waals surface area (Å²) in [5.74, 6) is -3.53. The molecule has 3 aliphatic rings. The van der Waals surface area contributed by atoms with Crippen molar-refractivity contribution in [2.24, 2.45) is 11.8 Å². The topological polar surface area (TPSA) is 102 Å². The van der Waals surface area contributed by atoms with Crippen LogP contribution in [0.4, 0.5) is 11.4 Å². The molecule has 3 aliphatic heterocycles. The van der Waals surface area contributed by atoms with Crippen LogP contribution in [0.3, 0.4) is 0 Å². The largest absolute Gasteiger partial charge is 0.323 e. The van der Waals surface area contributed by atoms with Crippen molar-refractivity contribution >= 4 is 75.5 Å². The molecule has 3 heterocycles. The summed E-state index contributed by atoms with van der Waals surface area (Å²) >= 11 is 25.1. The highest BCUT2D eigenvalue weighted by Crippen LogP contribution is 2.55. The van der Waals surface area contributed by atoms with Crippen LogP contribution in [-0.2, 0) is 26.3 Å². The fraction of sp³-hybridized carbons (Fsp3) is 0.185. The molecule has 3 aromatic carbocycles. The molecule has 0 saturated carbocycles. The summed E-state index contributed by atoms with van der Waals surface area (Å²) < 4.78 is 0. The normalized spacial score (nSPS) is 25.5. The lowest BCUT2D eigenvalue weighted by molar-refractivity contribution is -0.130. The minimum Gasteiger partial charge on any atom is -0.323 e. The fourth-order valence-electron chi connectivity index (χ4n) is 5.89. The van der Waals surface area contributed by atoms with Gasteiger partial charge in [0.05, 0.1) is 39.9 Å². The molecule has 2 saturated heterocycles. The number of imide groups is 1. The number of rotatable bonds is 3. The molecule has 0 radical (unpaired) electrons. The second-order valence-corrected chi connectivity index (χ2v) is 11.2. The van der Waals surface area contributed by atoms with E-state index < -0.39 is 41.1 Å². The zero-order valence-corrected chi connectivity index (χ0v) is 22.3. The zero-order valence-electron chi connectivity index (χ0n) is 19.3. The zero-order chi connectivity index (χ0) is 26.9. The van der Waals surface area contributed by atoms with E-state index in [9.17, 15) is 14.4 Å². The molecule has 3 amide bonds. The average molecular weight is 586 g/mol. The van der Waals surface area contributed by atoms with Gasteiger partial charge in [-0.3, -0.25) is 19.7 Å². The standard InChI is InChI=1S/C27H16Cl4N4O3/c28-14-6-15(29)8-17(7-14)35-24(36)21-20(5-12-1-3-13(11-32)4-2-12)34-27(22(21)25(35)37)18-9-16(30)10-19(31)23(18)33-26(27)38/h1-4,6-10,20-22,34H,5H2,(H,33,38). The second kappa shape index (κ2) is 8.98. The van der Waals surface area contributed by atoms with Crippen LogP contribution < -0.4 is 15.5 Å². The Bertz CT molecular complexity index is 1580. The van der Waals surface area contributed by atoms with Gasteiger partial charge in [0.2, 0.25) is 17.7 Å². The summed E-state index contributed by atoms with van der Waals surface area (Å²) in [6.45, 7) is 0. The maximum Gasteiger partial charge on any atom is 0.250 e. The lowest BCUT2D eigenvalue weighted by Crippen LogP contribution is -2.53. The Morgan fingerprint density at radius 1 is 0.895 bits per heavy atom. The first-order valence-corrected chi connectivity index (χ1v) is 13.1. The van der Waals surface area contributed by atoms with Gasteiger partial charge in [-0.05, 0) is 54.4 Å². The van der Waals surface area contributed by atoms with Gasteiger partial charge < -0.3 is 5.32 Å². The van der Waals surface area contributed by atoms with Gasteiger partial charge in [-0.15, -0.1) is 0 Å². The summed E-state index contributed by atoms with van der Waals surface area (Å²) in [6, 6.07) is 15.9. The van der Waals surface area contributed by atoms with Crippen molar-refractivity contribution in [2.45, 2.75) is 18.0 Å². The number of carbonyl (C=O) groups is 3. The van der Waals surface area contributed by atoms with Crippen molar-refractivity contribution in [3.8, 4) is 6.07 Å². The molecule has 11 heteroatoms. The van der Waals surface area contributed by atoms with Crippen LogP contribution >= 0.6 is 46.4 Å². The third kappa shape index (κ3) is 3.64. The molecule has 6 rings (SSSR count). The molecule has 3 aromatic rings. The van der Waals surface area contributed by atoms with Crippen molar-refractivity contribution in [1.82, 2.24) is 5.32 Å². The molecule has 190 valence electrons. The number of hydrogen-bond donors (Lipinski definition) is 2. The lowest BCUT2D eigenvalue weighted by Gasteiger charge is -2.29. The van der Waals surface area contributed by atoms with E-state index in [4.69, 9.17) is 51.7 Å². The van der Waals surface area contributed by atoms with E-state index in [-0.39, 0.29) is 25.8 Å². The lowest BCUT2D eigenvalue weighted by atomic mass is 9.76. The fourth-order valence-corrected chi connectivity index (χ4v) is 6.95. The van der Waals surface area contributed by atoms with Crippen molar-refractivity contribution in [1.29, 1.82) is 5.26 Å². The van der Waals surface area contributed by atoms with Crippen LogP contribution in [0, 0.1) is 23.2 Å². The molecule has 4 unspecified atom stereocenters. The highest BCUT2D eigenvalue weighted by Gasteiger charge is 2.70. The van der Waals surface area contributed by atoms with Crippen molar-refractivity contribution < 1.29 is 14.4 Å². The summed E-state index contributed by atoms with van der Waals surface area (Å²) in [5, 5.41) is 16.3. The predicted molar refractivity (Wildman–Crippen MR) is 144 cm³/mol. The molecular weight excluding hydrogens is 570 g/mol. The van der Waals surface area contributed by atoms with Crippen LogP contribution in [0.2, 0.25) is 20.1 Å². The van der Waals surface area contributed by atoms with Crippen LogP contribution in [0.25, 0.3) is 0 Å². The van der Waals surface area contributed by atoms with Gasteiger partial charge >= 0.3 is 0 Å². The van der Waals surface area contributed by atoms with Crippen LogP contribution in [0.15, 0.2) is 54.6 Å².